The van der Waals surface area contributed by atoms with Gasteiger partial charge in [0, 0.05) is 19.7 Å². The van der Waals surface area contributed by atoms with Crippen LogP contribution in [-0.4, -0.2) is 45.4 Å². The van der Waals surface area contributed by atoms with Crippen LogP contribution < -0.4 is 5.56 Å². The van der Waals surface area contributed by atoms with Gasteiger partial charge in [-0.3, -0.25) is 9.59 Å². The highest BCUT2D eigenvalue weighted by atomic mass is 16.3. The Morgan fingerprint density at radius 1 is 1.27 bits per heavy atom. The van der Waals surface area contributed by atoms with E-state index in [1.807, 2.05) is 30.3 Å². The lowest BCUT2D eigenvalue weighted by Gasteiger charge is -2.18. The van der Waals surface area contributed by atoms with Crippen LogP contribution in [0.5, 0.6) is 0 Å². The van der Waals surface area contributed by atoms with Crippen molar-refractivity contribution >= 4 is 5.91 Å². The lowest BCUT2D eigenvalue weighted by Crippen LogP contribution is -2.35. The molecule has 1 aromatic heterocycles. The lowest BCUT2D eigenvalue weighted by molar-refractivity contribution is 0.0695. The van der Waals surface area contributed by atoms with E-state index in [9.17, 15) is 14.7 Å². The van der Waals surface area contributed by atoms with Gasteiger partial charge >= 0.3 is 0 Å². The summed E-state index contributed by atoms with van der Waals surface area (Å²) >= 11 is 0. The Bertz CT molecular complexity index is 695. The first-order valence-corrected chi connectivity index (χ1v) is 7.03. The molecule has 0 aliphatic heterocycles. The standard InChI is InChI=1S/C16H19N3O3/c1-12(20)10-18(2)16(22)14-8-9-15(21)19(17-14)11-13-6-4-3-5-7-13/h3-9,12,20H,10-11H2,1-2H3. The zero-order valence-electron chi connectivity index (χ0n) is 12.6. The first kappa shape index (κ1) is 15.9. The van der Waals surface area contributed by atoms with Crippen LogP contribution >= 0.6 is 0 Å². The minimum atomic E-state index is -0.621. The molecule has 0 saturated carbocycles. The molecule has 0 radical (unpaired) electrons. The SMILES string of the molecule is CC(O)CN(C)C(=O)c1ccc(=O)n(Cc2ccccc2)n1. The van der Waals surface area contributed by atoms with E-state index >= 15 is 0 Å². The average Bonchev–Trinajstić information content (AvgIpc) is 2.49. The lowest BCUT2D eigenvalue weighted by atomic mass is 10.2. The maximum Gasteiger partial charge on any atom is 0.274 e. The highest BCUT2D eigenvalue weighted by molar-refractivity contribution is 5.91. The zero-order valence-corrected chi connectivity index (χ0v) is 12.6. The number of rotatable bonds is 5. The number of aliphatic hydroxyl groups excluding tert-OH is 1. The van der Waals surface area contributed by atoms with Gasteiger partial charge in [-0.05, 0) is 18.6 Å². The summed E-state index contributed by atoms with van der Waals surface area (Å²) in [5.74, 6) is -0.331. The Balaban J connectivity index is 2.23. The van der Waals surface area contributed by atoms with E-state index in [1.54, 1.807) is 14.0 Å². The number of hydrogen-bond donors (Lipinski definition) is 1. The van der Waals surface area contributed by atoms with Crippen molar-refractivity contribution < 1.29 is 9.90 Å². The van der Waals surface area contributed by atoms with Crippen LogP contribution in [0.4, 0.5) is 0 Å². The molecule has 1 aromatic carbocycles. The second kappa shape index (κ2) is 7.00. The molecule has 1 N–H and O–H groups in total. The first-order chi connectivity index (χ1) is 10.5. The molecule has 2 aromatic rings. The molecule has 0 aliphatic carbocycles. The van der Waals surface area contributed by atoms with E-state index in [1.165, 1.54) is 21.7 Å². The van der Waals surface area contributed by atoms with E-state index in [4.69, 9.17) is 0 Å². The highest BCUT2D eigenvalue weighted by Crippen LogP contribution is 2.02. The zero-order chi connectivity index (χ0) is 16.1. The van der Waals surface area contributed by atoms with Gasteiger partial charge in [-0.1, -0.05) is 30.3 Å². The van der Waals surface area contributed by atoms with Crippen LogP contribution in [0.25, 0.3) is 0 Å². The monoisotopic (exact) mass is 301 g/mol. The fourth-order valence-electron chi connectivity index (χ4n) is 2.11. The molecule has 22 heavy (non-hydrogen) atoms. The third-order valence-corrected chi connectivity index (χ3v) is 3.15. The summed E-state index contributed by atoms with van der Waals surface area (Å²) in [5.41, 5.74) is 0.844. The van der Waals surface area contributed by atoms with Gasteiger partial charge < -0.3 is 10.0 Å². The maximum atomic E-state index is 12.2. The molecule has 0 bridgehead atoms. The third-order valence-electron chi connectivity index (χ3n) is 3.15. The van der Waals surface area contributed by atoms with E-state index in [2.05, 4.69) is 5.10 Å². The van der Waals surface area contributed by atoms with Crippen molar-refractivity contribution in [1.82, 2.24) is 14.7 Å². The second-order valence-corrected chi connectivity index (χ2v) is 5.23. The Labute approximate surface area is 128 Å². The van der Waals surface area contributed by atoms with Crippen LogP contribution in [0.1, 0.15) is 23.0 Å². The molecule has 0 saturated heterocycles. The summed E-state index contributed by atoms with van der Waals surface area (Å²) in [5, 5.41) is 13.5. The Kier molecular flexibility index (Phi) is 5.06. The summed E-state index contributed by atoms with van der Waals surface area (Å²) in [6, 6.07) is 12.2. The molecule has 0 spiro atoms. The summed E-state index contributed by atoms with van der Waals surface area (Å²) < 4.78 is 1.26. The van der Waals surface area contributed by atoms with Crippen molar-refractivity contribution in [3.63, 3.8) is 0 Å². The number of carbonyl (C=O) groups excluding carboxylic acids is 1. The predicted octanol–water partition coefficient (Wildman–Crippen LogP) is 0.744. The quantitative estimate of drug-likeness (QED) is 0.884. The number of hydrogen-bond acceptors (Lipinski definition) is 4. The van der Waals surface area contributed by atoms with Crippen LogP contribution in [0.2, 0.25) is 0 Å². The normalized spacial score (nSPS) is 12.0. The number of benzene rings is 1. The van der Waals surface area contributed by atoms with Crippen molar-refractivity contribution in [3.8, 4) is 0 Å². The molecular formula is C16H19N3O3. The maximum absolute atomic E-state index is 12.2. The van der Waals surface area contributed by atoms with Crippen molar-refractivity contribution in [2.45, 2.75) is 19.6 Å². The largest absolute Gasteiger partial charge is 0.392 e. The molecule has 116 valence electrons. The highest BCUT2D eigenvalue weighted by Gasteiger charge is 2.16. The van der Waals surface area contributed by atoms with Crippen LogP contribution in [0, 0.1) is 0 Å². The van der Waals surface area contributed by atoms with Crippen molar-refractivity contribution in [2.24, 2.45) is 0 Å². The molecule has 6 heteroatoms. The molecule has 1 amide bonds. The minimum absolute atomic E-state index is 0.179. The van der Waals surface area contributed by atoms with E-state index in [0.29, 0.717) is 6.54 Å². The molecule has 0 fully saturated rings. The van der Waals surface area contributed by atoms with Gasteiger partial charge in [0.15, 0.2) is 0 Å². The fraction of sp³-hybridized carbons (Fsp3) is 0.312. The van der Waals surface area contributed by atoms with Gasteiger partial charge in [-0.25, -0.2) is 4.68 Å². The second-order valence-electron chi connectivity index (χ2n) is 5.23. The topological polar surface area (TPSA) is 75.4 Å². The Morgan fingerprint density at radius 2 is 1.95 bits per heavy atom. The number of likely N-dealkylation sites (N-methyl/N-ethyl adjacent to an activating group) is 1. The summed E-state index contributed by atoms with van der Waals surface area (Å²) in [6.45, 7) is 2.12. The van der Waals surface area contributed by atoms with Crippen molar-refractivity contribution in [3.05, 3.63) is 64.1 Å². The van der Waals surface area contributed by atoms with E-state index in [0.717, 1.165) is 5.56 Å². The van der Waals surface area contributed by atoms with Gasteiger partial charge in [-0.2, -0.15) is 5.10 Å². The molecule has 1 heterocycles. The summed E-state index contributed by atoms with van der Waals surface area (Å²) in [4.78, 5) is 25.5. The molecule has 1 atom stereocenters. The van der Waals surface area contributed by atoms with Gasteiger partial charge in [0.05, 0.1) is 12.6 Å². The molecular weight excluding hydrogens is 282 g/mol. The first-order valence-electron chi connectivity index (χ1n) is 7.03. The Hall–Kier alpha value is -2.47. The molecule has 1 unspecified atom stereocenters. The van der Waals surface area contributed by atoms with Gasteiger partial charge in [0.1, 0.15) is 5.69 Å². The fourth-order valence-corrected chi connectivity index (χ4v) is 2.11. The van der Waals surface area contributed by atoms with Crippen LogP contribution in [0.3, 0.4) is 0 Å². The van der Waals surface area contributed by atoms with E-state index in [-0.39, 0.29) is 23.7 Å². The van der Waals surface area contributed by atoms with Crippen molar-refractivity contribution in [1.29, 1.82) is 0 Å². The molecule has 0 aliphatic rings. The average molecular weight is 301 g/mol. The van der Waals surface area contributed by atoms with Gasteiger partial charge in [0.25, 0.3) is 11.5 Å². The summed E-state index contributed by atoms with van der Waals surface area (Å²) in [7, 11) is 1.59. The number of aromatic nitrogens is 2. The number of nitrogens with zero attached hydrogens (tertiary/aromatic N) is 3. The van der Waals surface area contributed by atoms with Crippen LogP contribution in [-0.2, 0) is 6.54 Å². The molecule has 6 nitrogen and oxygen atoms in total. The number of aliphatic hydroxyl groups is 1. The third kappa shape index (κ3) is 4.02. The van der Waals surface area contributed by atoms with Gasteiger partial charge in [0.2, 0.25) is 0 Å². The number of amides is 1. The van der Waals surface area contributed by atoms with E-state index < -0.39 is 6.10 Å². The molecule has 2 rings (SSSR count). The predicted molar refractivity (Wildman–Crippen MR) is 82.7 cm³/mol. The van der Waals surface area contributed by atoms with Gasteiger partial charge in [-0.15, -0.1) is 0 Å². The summed E-state index contributed by atoms with van der Waals surface area (Å²) in [6.07, 6.45) is -0.621. The van der Waals surface area contributed by atoms with Crippen molar-refractivity contribution in [2.75, 3.05) is 13.6 Å². The van der Waals surface area contributed by atoms with Crippen LogP contribution in [0.15, 0.2) is 47.3 Å². The Morgan fingerprint density at radius 3 is 2.59 bits per heavy atom. The minimum Gasteiger partial charge on any atom is -0.392 e. The smallest absolute Gasteiger partial charge is 0.274 e. The number of carbonyl (C=O) groups is 1.